The molecule has 0 saturated carbocycles. The Kier molecular flexibility index (Phi) is 4.31. The van der Waals surface area contributed by atoms with Gasteiger partial charge in [0, 0.05) is 49.0 Å². The first kappa shape index (κ1) is 18.4. The second kappa shape index (κ2) is 6.56. The van der Waals surface area contributed by atoms with E-state index in [9.17, 15) is 4.79 Å². The monoisotopic (exact) mass is 393 g/mol. The number of hydrogen-bond donors (Lipinski definition) is 0. The fourth-order valence-electron chi connectivity index (χ4n) is 3.31. The maximum Gasteiger partial charge on any atom is 0.272 e. The average molecular weight is 394 g/mol. The van der Waals surface area contributed by atoms with E-state index < -0.39 is 0 Å². The van der Waals surface area contributed by atoms with Crippen molar-refractivity contribution in [2.75, 3.05) is 14.1 Å². The van der Waals surface area contributed by atoms with Crippen LogP contribution < -0.4 is 0 Å². The molecule has 0 bridgehead atoms. The molecule has 1 amide bonds. The van der Waals surface area contributed by atoms with E-state index in [2.05, 4.69) is 9.97 Å². The third kappa shape index (κ3) is 2.81. The number of nitrogens with zero attached hydrogens (tertiary/aromatic N) is 5. The Hall–Kier alpha value is -2.99. The van der Waals surface area contributed by atoms with E-state index in [1.807, 2.05) is 49.7 Å². The molecule has 7 heteroatoms. The van der Waals surface area contributed by atoms with Crippen LogP contribution in [0.4, 0.5) is 0 Å². The van der Waals surface area contributed by atoms with E-state index >= 15 is 0 Å². The molecule has 28 heavy (non-hydrogen) atoms. The number of amides is 1. The van der Waals surface area contributed by atoms with Gasteiger partial charge in [-0.25, -0.2) is 9.97 Å². The van der Waals surface area contributed by atoms with Gasteiger partial charge in [0.15, 0.2) is 5.82 Å². The largest absolute Gasteiger partial charge is 0.343 e. The third-order valence-electron chi connectivity index (χ3n) is 5.01. The second-order valence-corrected chi connectivity index (χ2v) is 7.58. The Labute approximate surface area is 167 Å². The van der Waals surface area contributed by atoms with Crippen LogP contribution in [0.15, 0.2) is 30.5 Å². The van der Waals surface area contributed by atoms with Gasteiger partial charge in [-0.2, -0.15) is 0 Å². The Morgan fingerprint density at radius 3 is 2.57 bits per heavy atom. The lowest BCUT2D eigenvalue weighted by atomic mass is 10.1. The smallest absolute Gasteiger partial charge is 0.272 e. The van der Waals surface area contributed by atoms with Crippen LogP contribution in [0, 0.1) is 13.8 Å². The maximum absolute atomic E-state index is 13.0. The second-order valence-electron chi connectivity index (χ2n) is 7.14. The van der Waals surface area contributed by atoms with Gasteiger partial charge in [-0.15, -0.1) is 0 Å². The molecular weight excluding hydrogens is 374 g/mol. The molecule has 0 spiro atoms. The summed E-state index contributed by atoms with van der Waals surface area (Å²) in [7, 11) is 5.35. The number of carbonyl (C=O) groups is 1. The van der Waals surface area contributed by atoms with Crippen molar-refractivity contribution in [1.29, 1.82) is 0 Å². The lowest BCUT2D eigenvalue weighted by molar-refractivity contribution is 0.0824. The molecular formula is C21H20ClN5O. The molecule has 0 saturated heterocycles. The minimum absolute atomic E-state index is 0.173. The number of aromatic nitrogens is 4. The summed E-state index contributed by atoms with van der Waals surface area (Å²) in [5.74, 6) is 0.304. The van der Waals surface area contributed by atoms with Gasteiger partial charge >= 0.3 is 0 Å². The third-order valence-corrected chi connectivity index (χ3v) is 5.24. The molecule has 0 aliphatic heterocycles. The molecule has 0 aliphatic rings. The van der Waals surface area contributed by atoms with Gasteiger partial charge in [-0.3, -0.25) is 9.78 Å². The van der Waals surface area contributed by atoms with Gasteiger partial charge in [-0.1, -0.05) is 17.7 Å². The summed E-state index contributed by atoms with van der Waals surface area (Å²) in [5, 5.41) is 2.26. The Bertz CT molecular complexity index is 1260. The molecule has 0 aliphatic carbocycles. The van der Waals surface area contributed by atoms with Gasteiger partial charge in [-0.05, 0) is 37.6 Å². The lowest BCUT2D eigenvalue weighted by Gasteiger charge is -2.12. The number of fused-ring (bicyclic) bond motifs is 3. The summed E-state index contributed by atoms with van der Waals surface area (Å²) in [6, 6.07) is 7.59. The zero-order chi connectivity index (χ0) is 20.2. The molecule has 4 aromatic rings. The summed E-state index contributed by atoms with van der Waals surface area (Å²) in [5.41, 5.74) is 4.74. The Morgan fingerprint density at radius 2 is 1.89 bits per heavy atom. The molecule has 142 valence electrons. The predicted molar refractivity (Wildman–Crippen MR) is 112 cm³/mol. The molecule has 0 fully saturated rings. The van der Waals surface area contributed by atoms with Gasteiger partial charge in [0.05, 0.1) is 10.9 Å². The topological polar surface area (TPSA) is 63.9 Å². The molecule has 0 N–H and O–H groups in total. The molecule has 0 radical (unpaired) electrons. The van der Waals surface area contributed by atoms with Crippen LogP contribution in [0.1, 0.15) is 21.7 Å². The standard InChI is InChI=1S/C21H20ClN5O/c1-11-8-13(10-23-12(11)2)19-24-18(21(28)26(3)4)17-15-7-6-14(22)9-16(15)27(5)20(17)25-19/h6-10H,1-5H3. The van der Waals surface area contributed by atoms with E-state index in [0.29, 0.717) is 22.2 Å². The lowest BCUT2D eigenvalue weighted by Crippen LogP contribution is -2.23. The van der Waals surface area contributed by atoms with Crippen LogP contribution in [-0.2, 0) is 7.05 Å². The highest BCUT2D eigenvalue weighted by molar-refractivity contribution is 6.31. The SMILES string of the molecule is Cc1cc(-c2nc(C(=O)N(C)C)c3c4ccc(Cl)cc4n(C)c3n2)cnc1C. The number of benzene rings is 1. The minimum atomic E-state index is -0.173. The first-order valence-electron chi connectivity index (χ1n) is 8.89. The van der Waals surface area contributed by atoms with E-state index in [0.717, 1.165) is 33.1 Å². The van der Waals surface area contributed by atoms with Crippen molar-refractivity contribution in [1.82, 2.24) is 24.4 Å². The molecule has 0 atom stereocenters. The fourth-order valence-corrected chi connectivity index (χ4v) is 3.47. The van der Waals surface area contributed by atoms with E-state index in [1.165, 1.54) is 4.90 Å². The molecule has 3 aromatic heterocycles. The summed E-state index contributed by atoms with van der Waals surface area (Å²) in [6.07, 6.45) is 1.74. The summed E-state index contributed by atoms with van der Waals surface area (Å²) >= 11 is 6.20. The van der Waals surface area contributed by atoms with Crippen LogP contribution in [-0.4, -0.2) is 44.4 Å². The first-order chi connectivity index (χ1) is 13.3. The normalized spacial score (nSPS) is 11.4. The highest BCUT2D eigenvalue weighted by atomic mass is 35.5. The fraction of sp³-hybridized carbons (Fsp3) is 0.238. The van der Waals surface area contributed by atoms with Gasteiger partial charge in [0.1, 0.15) is 11.3 Å². The summed E-state index contributed by atoms with van der Waals surface area (Å²) in [4.78, 5) is 28.4. The molecule has 4 rings (SSSR count). The predicted octanol–water partition coefficient (Wildman–Crippen LogP) is 4.16. The number of hydrogen-bond acceptors (Lipinski definition) is 4. The zero-order valence-corrected chi connectivity index (χ0v) is 17.2. The number of rotatable bonds is 2. The van der Waals surface area contributed by atoms with Gasteiger partial charge < -0.3 is 9.47 Å². The van der Waals surface area contributed by atoms with Crippen LogP contribution in [0.25, 0.3) is 33.3 Å². The van der Waals surface area contributed by atoms with Crippen LogP contribution in [0.2, 0.25) is 5.02 Å². The van der Waals surface area contributed by atoms with Crippen molar-refractivity contribution in [2.45, 2.75) is 13.8 Å². The first-order valence-corrected chi connectivity index (χ1v) is 9.26. The highest BCUT2D eigenvalue weighted by Gasteiger charge is 2.23. The van der Waals surface area contributed by atoms with Crippen molar-refractivity contribution in [3.05, 3.63) is 52.4 Å². The van der Waals surface area contributed by atoms with E-state index in [1.54, 1.807) is 20.3 Å². The average Bonchev–Trinajstić information content (AvgIpc) is 2.94. The van der Waals surface area contributed by atoms with Gasteiger partial charge in [0.25, 0.3) is 5.91 Å². The van der Waals surface area contributed by atoms with Crippen molar-refractivity contribution >= 4 is 39.4 Å². The maximum atomic E-state index is 13.0. The summed E-state index contributed by atoms with van der Waals surface area (Å²) < 4.78 is 1.95. The van der Waals surface area contributed by atoms with Crippen molar-refractivity contribution in [2.24, 2.45) is 7.05 Å². The van der Waals surface area contributed by atoms with Crippen LogP contribution in [0.3, 0.4) is 0 Å². The Morgan fingerprint density at radius 1 is 1.14 bits per heavy atom. The molecule has 0 unspecified atom stereocenters. The van der Waals surface area contributed by atoms with Crippen LogP contribution >= 0.6 is 11.6 Å². The van der Waals surface area contributed by atoms with Crippen molar-refractivity contribution in [3.8, 4) is 11.4 Å². The quantitative estimate of drug-likeness (QED) is 0.513. The highest BCUT2D eigenvalue weighted by Crippen LogP contribution is 2.33. The van der Waals surface area contributed by atoms with Crippen molar-refractivity contribution in [3.63, 3.8) is 0 Å². The summed E-state index contributed by atoms with van der Waals surface area (Å²) in [6.45, 7) is 3.95. The number of halogens is 1. The van der Waals surface area contributed by atoms with Crippen LogP contribution in [0.5, 0.6) is 0 Å². The molecule has 6 nitrogen and oxygen atoms in total. The molecule has 1 aromatic carbocycles. The zero-order valence-electron chi connectivity index (χ0n) is 16.4. The number of aryl methyl sites for hydroxylation is 3. The van der Waals surface area contributed by atoms with Crippen molar-refractivity contribution < 1.29 is 4.79 Å². The Balaban J connectivity index is 2.12. The minimum Gasteiger partial charge on any atom is -0.343 e. The van der Waals surface area contributed by atoms with E-state index in [4.69, 9.17) is 16.6 Å². The van der Waals surface area contributed by atoms with E-state index in [-0.39, 0.29) is 5.91 Å². The molecule has 3 heterocycles. The number of carbonyl (C=O) groups excluding carboxylic acids is 1. The number of pyridine rings is 1. The van der Waals surface area contributed by atoms with Gasteiger partial charge in [0.2, 0.25) is 0 Å².